The number of Topliss-reactive ketones (excluding diaryl/α,β-unsaturated/α-hetero) is 2. The zero-order valence-electron chi connectivity index (χ0n) is 11.6. The standard InChI is InChI=1S/C14H26O2/c1-13(2,3)9-7-8-11(15)10-12(16)14(4,5)6/h7-10H2,1-6H3. The summed E-state index contributed by atoms with van der Waals surface area (Å²) >= 11 is 0. The maximum absolute atomic E-state index is 11.6. The summed E-state index contributed by atoms with van der Waals surface area (Å²) in [4.78, 5) is 23.2. The van der Waals surface area contributed by atoms with Gasteiger partial charge >= 0.3 is 0 Å². The molecule has 2 nitrogen and oxygen atoms in total. The minimum Gasteiger partial charge on any atom is -0.299 e. The van der Waals surface area contributed by atoms with Crippen LogP contribution in [0.15, 0.2) is 0 Å². The first-order chi connectivity index (χ1) is 7.02. The maximum atomic E-state index is 11.6. The molecule has 0 unspecified atom stereocenters. The molecule has 0 aliphatic heterocycles. The van der Waals surface area contributed by atoms with Crippen LogP contribution in [-0.4, -0.2) is 11.6 Å². The fourth-order valence-corrected chi connectivity index (χ4v) is 1.35. The molecule has 0 heterocycles. The fourth-order valence-electron chi connectivity index (χ4n) is 1.35. The van der Waals surface area contributed by atoms with Crippen molar-refractivity contribution < 1.29 is 9.59 Å². The van der Waals surface area contributed by atoms with Crippen molar-refractivity contribution in [2.45, 2.75) is 67.2 Å². The van der Waals surface area contributed by atoms with Crippen LogP contribution in [0.5, 0.6) is 0 Å². The first kappa shape index (κ1) is 15.3. The molecule has 0 radical (unpaired) electrons. The second-order valence-corrected chi connectivity index (χ2v) is 6.80. The van der Waals surface area contributed by atoms with Gasteiger partial charge < -0.3 is 0 Å². The van der Waals surface area contributed by atoms with Gasteiger partial charge in [0, 0.05) is 11.8 Å². The van der Waals surface area contributed by atoms with E-state index in [0.29, 0.717) is 6.42 Å². The number of hydrogen-bond donors (Lipinski definition) is 0. The summed E-state index contributed by atoms with van der Waals surface area (Å²) in [7, 11) is 0. The Kier molecular flexibility index (Phi) is 5.37. The van der Waals surface area contributed by atoms with E-state index >= 15 is 0 Å². The summed E-state index contributed by atoms with van der Waals surface area (Å²) in [6.45, 7) is 12.1. The predicted molar refractivity (Wildman–Crippen MR) is 67.4 cm³/mol. The van der Waals surface area contributed by atoms with E-state index in [1.165, 1.54) is 0 Å². The van der Waals surface area contributed by atoms with E-state index in [0.717, 1.165) is 12.8 Å². The van der Waals surface area contributed by atoms with Crippen LogP contribution < -0.4 is 0 Å². The summed E-state index contributed by atoms with van der Waals surface area (Å²) in [5, 5.41) is 0. The average molecular weight is 226 g/mol. The summed E-state index contributed by atoms with van der Waals surface area (Å²) < 4.78 is 0. The minimum absolute atomic E-state index is 0.0493. The Bertz CT molecular complexity index is 251. The van der Waals surface area contributed by atoms with Crippen LogP contribution in [0.2, 0.25) is 0 Å². The van der Waals surface area contributed by atoms with Gasteiger partial charge in [-0.2, -0.15) is 0 Å². The molecule has 0 N–H and O–H groups in total. The third-order valence-electron chi connectivity index (χ3n) is 2.58. The van der Waals surface area contributed by atoms with E-state index in [-0.39, 0.29) is 28.8 Å². The van der Waals surface area contributed by atoms with Gasteiger partial charge in [-0.15, -0.1) is 0 Å². The van der Waals surface area contributed by atoms with Gasteiger partial charge in [0.15, 0.2) is 0 Å². The van der Waals surface area contributed by atoms with Gasteiger partial charge in [-0.1, -0.05) is 41.5 Å². The van der Waals surface area contributed by atoms with Crippen LogP contribution >= 0.6 is 0 Å². The van der Waals surface area contributed by atoms with Crippen molar-refractivity contribution in [1.82, 2.24) is 0 Å². The predicted octanol–water partition coefficient (Wildman–Crippen LogP) is 3.78. The highest BCUT2D eigenvalue weighted by Crippen LogP contribution is 2.22. The molecule has 0 aliphatic rings. The number of ketones is 2. The van der Waals surface area contributed by atoms with Gasteiger partial charge in [-0.05, 0) is 18.3 Å². The molecule has 94 valence electrons. The van der Waals surface area contributed by atoms with Crippen LogP contribution in [0, 0.1) is 10.8 Å². The highest BCUT2D eigenvalue weighted by atomic mass is 16.1. The lowest BCUT2D eigenvalue weighted by Crippen LogP contribution is -2.23. The Hall–Kier alpha value is -0.660. The van der Waals surface area contributed by atoms with Gasteiger partial charge in [0.05, 0.1) is 6.42 Å². The molecular weight excluding hydrogens is 200 g/mol. The zero-order valence-corrected chi connectivity index (χ0v) is 11.6. The molecule has 0 aromatic heterocycles. The Balaban J connectivity index is 3.89. The number of rotatable bonds is 5. The van der Waals surface area contributed by atoms with Crippen LogP contribution in [0.4, 0.5) is 0 Å². The SMILES string of the molecule is CC(C)(C)CCCC(=O)CC(=O)C(C)(C)C. The largest absolute Gasteiger partial charge is 0.299 e. The smallest absolute Gasteiger partial charge is 0.145 e. The molecule has 0 saturated heterocycles. The molecule has 0 atom stereocenters. The van der Waals surface area contributed by atoms with Gasteiger partial charge in [-0.25, -0.2) is 0 Å². The summed E-state index contributed by atoms with van der Waals surface area (Å²) in [5.74, 6) is 0.137. The third kappa shape index (κ3) is 7.61. The molecule has 0 spiro atoms. The van der Waals surface area contributed by atoms with Crippen LogP contribution in [-0.2, 0) is 9.59 Å². The molecule has 0 aliphatic carbocycles. The van der Waals surface area contributed by atoms with E-state index in [1.807, 2.05) is 20.8 Å². The maximum Gasteiger partial charge on any atom is 0.145 e. The molecule has 16 heavy (non-hydrogen) atoms. The topological polar surface area (TPSA) is 34.1 Å². The van der Waals surface area contributed by atoms with Crippen LogP contribution in [0.3, 0.4) is 0 Å². The van der Waals surface area contributed by atoms with Crippen molar-refractivity contribution in [1.29, 1.82) is 0 Å². The lowest BCUT2D eigenvalue weighted by molar-refractivity contribution is -0.131. The molecule has 0 fully saturated rings. The lowest BCUT2D eigenvalue weighted by atomic mass is 9.86. The molecule has 0 aromatic carbocycles. The Morgan fingerprint density at radius 3 is 1.81 bits per heavy atom. The van der Waals surface area contributed by atoms with E-state index in [1.54, 1.807) is 0 Å². The van der Waals surface area contributed by atoms with E-state index in [4.69, 9.17) is 0 Å². The van der Waals surface area contributed by atoms with Gasteiger partial charge in [0.25, 0.3) is 0 Å². The second-order valence-electron chi connectivity index (χ2n) is 6.80. The summed E-state index contributed by atoms with van der Waals surface area (Å²) in [6.07, 6.45) is 2.56. The number of carbonyl (C=O) groups is 2. The Morgan fingerprint density at radius 2 is 1.44 bits per heavy atom. The molecule has 0 aromatic rings. The first-order valence-corrected chi connectivity index (χ1v) is 6.07. The van der Waals surface area contributed by atoms with E-state index in [2.05, 4.69) is 20.8 Å². The molecule has 0 bridgehead atoms. The van der Waals surface area contributed by atoms with Crippen LogP contribution in [0.25, 0.3) is 0 Å². The second kappa shape index (κ2) is 5.60. The average Bonchev–Trinajstić information content (AvgIpc) is 1.99. The molecule has 0 amide bonds. The van der Waals surface area contributed by atoms with E-state index in [9.17, 15) is 9.59 Å². The minimum atomic E-state index is -0.389. The monoisotopic (exact) mass is 226 g/mol. The fraction of sp³-hybridized carbons (Fsp3) is 0.857. The van der Waals surface area contributed by atoms with Crippen molar-refractivity contribution in [3.63, 3.8) is 0 Å². The van der Waals surface area contributed by atoms with E-state index < -0.39 is 0 Å². The van der Waals surface area contributed by atoms with Gasteiger partial charge in [0.1, 0.15) is 11.6 Å². The van der Waals surface area contributed by atoms with Gasteiger partial charge in [0.2, 0.25) is 0 Å². The molecule has 2 heteroatoms. The zero-order chi connectivity index (χ0) is 13.0. The lowest BCUT2D eigenvalue weighted by Gasteiger charge is -2.18. The van der Waals surface area contributed by atoms with Crippen molar-refractivity contribution in [2.75, 3.05) is 0 Å². The quantitative estimate of drug-likeness (QED) is 0.669. The Morgan fingerprint density at radius 1 is 0.938 bits per heavy atom. The van der Waals surface area contributed by atoms with Crippen molar-refractivity contribution >= 4 is 11.6 Å². The van der Waals surface area contributed by atoms with Crippen molar-refractivity contribution in [3.05, 3.63) is 0 Å². The third-order valence-corrected chi connectivity index (χ3v) is 2.58. The molecule has 0 saturated carbocycles. The normalized spacial score (nSPS) is 12.6. The molecular formula is C14H26O2. The highest BCUT2D eigenvalue weighted by molar-refractivity contribution is 6.01. The van der Waals surface area contributed by atoms with Crippen molar-refractivity contribution in [3.8, 4) is 0 Å². The van der Waals surface area contributed by atoms with Gasteiger partial charge in [-0.3, -0.25) is 9.59 Å². The first-order valence-electron chi connectivity index (χ1n) is 6.07. The van der Waals surface area contributed by atoms with Crippen molar-refractivity contribution in [2.24, 2.45) is 10.8 Å². The molecule has 0 rings (SSSR count). The highest BCUT2D eigenvalue weighted by Gasteiger charge is 2.23. The summed E-state index contributed by atoms with van der Waals surface area (Å²) in [5.41, 5.74) is -0.117. The number of hydrogen-bond acceptors (Lipinski definition) is 2. The Labute approximate surface area is 99.8 Å². The van der Waals surface area contributed by atoms with Crippen LogP contribution in [0.1, 0.15) is 67.2 Å². The summed E-state index contributed by atoms with van der Waals surface area (Å²) in [6, 6.07) is 0. The number of carbonyl (C=O) groups excluding carboxylic acids is 2.